The van der Waals surface area contributed by atoms with E-state index in [4.69, 9.17) is 5.26 Å². The molecule has 0 bridgehead atoms. The molecule has 1 unspecified atom stereocenters. The van der Waals surface area contributed by atoms with E-state index in [1.54, 1.807) is 23.9 Å². The van der Waals surface area contributed by atoms with Gasteiger partial charge in [0.2, 0.25) is 0 Å². The Hall–Kier alpha value is -0.790. The van der Waals surface area contributed by atoms with Crippen molar-refractivity contribution in [2.75, 3.05) is 11.5 Å². The van der Waals surface area contributed by atoms with Crippen molar-refractivity contribution in [1.82, 2.24) is 0 Å². The van der Waals surface area contributed by atoms with E-state index in [9.17, 15) is 4.21 Å². The highest BCUT2D eigenvalue weighted by molar-refractivity contribution is 8.13. The van der Waals surface area contributed by atoms with Crippen molar-refractivity contribution in [2.24, 2.45) is 0 Å². The molecule has 1 aliphatic heterocycles. The molecule has 2 nitrogen and oxygen atoms in total. The Bertz CT molecular complexity index is 394. The molecule has 0 aliphatic carbocycles. The molecule has 1 aromatic rings. The summed E-state index contributed by atoms with van der Waals surface area (Å²) in [5, 5.41) is 8.63. The number of thioether (sulfide) groups is 1. The third-order valence-corrected chi connectivity index (χ3v) is 5.79. The highest BCUT2D eigenvalue weighted by atomic mass is 32.2. The van der Waals surface area contributed by atoms with Gasteiger partial charge in [-0.3, -0.25) is 4.21 Å². The maximum absolute atomic E-state index is 11.6. The third kappa shape index (κ3) is 1.84. The van der Waals surface area contributed by atoms with Gasteiger partial charge < -0.3 is 0 Å². The van der Waals surface area contributed by atoms with Crippen molar-refractivity contribution in [3.63, 3.8) is 0 Å². The standard InChI is InChI=1S/C10H9NOS2/c11-7-8-1-3-9(4-2-8)10-13-5-6-14(10)12/h1-4,10H,5-6H2/t10-,14?/m0/s1. The SMILES string of the molecule is N#Cc1ccc([C@H]2SCCS2=O)cc1. The van der Waals surface area contributed by atoms with Gasteiger partial charge in [0.15, 0.2) is 0 Å². The van der Waals surface area contributed by atoms with E-state index >= 15 is 0 Å². The van der Waals surface area contributed by atoms with Crippen molar-refractivity contribution in [3.8, 4) is 6.07 Å². The van der Waals surface area contributed by atoms with Gasteiger partial charge in [-0.1, -0.05) is 12.1 Å². The summed E-state index contributed by atoms with van der Waals surface area (Å²) < 4.78 is 11.7. The molecule has 0 radical (unpaired) electrons. The number of benzene rings is 1. The molecule has 0 spiro atoms. The third-order valence-electron chi connectivity index (χ3n) is 2.10. The summed E-state index contributed by atoms with van der Waals surface area (Å²) in [6.07, 6.45) is 0. The molecule has 0 aromatic heterocycles. The summed E-state index contributed by atoms with van der Waals surface area (Å²) in [7, 11) is -0.740. The Balaban J connectivity index is 2.25. The lowest BCUT2D eigenvalue weighted by Crippen LogP contribution is -1.97. The number of rotatable bonds is 1. The predicted octanol–water partition coefficient (Wildman–Crippen LogP) is 2.05. The van der Waals surface area contributed by atoms with E-state index in [0.29, 0.717) is 5.56 Å². The van der Waals surface area contributed by atoms with Gasteiger partial charge >= 0.3 is 0 Å². The summed E-state index contributed by atoms with van der Waals surface area (Å²) in [5.74, 6) is 1.76. The minimum atomic E-state index is -0.740. The lowest BCUT2D eigenvalue weighted by molar-refractivity contribution is 0.684. The van der Waals surface area contributed by atoms with Crippen LogP contribution in [0.4, 0.5) is 0 Å². The average Bonchev–Trinajstić information content (AvgIpc) is 2.65. The second-order valence-corrected chi connectivity index (χ2v) is 6.17. The van der Waals surface area contributed by atoms with Crippen molar-refractivity contribution in [1.29, 1.82) is 5.26 Å². The second kappa shape index (κ2) is 4.16. The molecule has 1 fully saturated rings. The Morgan fingerprint density at radius 2 is 2.14 bits per heavy atom. The first-order valence-electron chi connectivity index (χ1n) is 4.30. The van der Waals surface area contributed by atoms with Crippen LogP contribution in [0.1, 0.15) is 15.7 Å². The van der Waals surface area contributed by atoms with Gasteiger partial charge in [-0.25, -0.2) is 0 Å². The number of nitriles is 1. The molecule has 14 heavy (non-hydrogen) atoms. The van der Waals surface area contributed by atoms with Crippen molar-refractivity contribution >= 4 is 22.6 Å². The van der Waals surface area contributed by atoms with Gasteiger partial charge in [-0.2, -0.15) is 5.26 Å². The molecule has 4 heteroatoms. The van der Waals surface area contributed by atoms with Gasteiger partial charge in [-0.05, 0) is 17.7 Å². The number of hydrogen-bond donors (Lipinski definition) is 0. The quantitative estimate of drug-likeness (QED) is 0.731. The Labute approximate surface area is 89.8 Å². The van der Waals surface area contributed by atoms with Crippen LogP contribution in [-0.4, -0.2) is 15.7 Å². The lowest BCUT2D eigenvalue weighted by atomic mass is 10.2. The fourth-order valence-corrected chi connectivity index (χ4v) is 4.85. The van der Waals surface area contributed by atoms with Gasteiger partial charge in [0, 0.05) is 22.3 Å². The van der Waals surface area contributed by atoms with E-state index in [2.05, 4.69) is 6.07 Å². The van der Waals surface area contributed by atoms with Crippen LogP contribution in [0.3, 0.4) is 0 Å². The first kappa shape index (κ1) is 9.75. The highest BCUT2D eigenvalue weighted by Gasteiger charge is 2.24. The monoisotopic (exact) mass is 223 g/mol. The second-order valence-electron chi connectivity index (χ2n) is 3.02. The van der Waals surface area contributed by atoms with Crippen LogP contribution in [0.25, 0.3) is 0 Å². The molecule has 2 rings (SSSR count). The first-order valence-corrected chi connectivity index (χ1v) is 6.73. The molecular formula is C10H9NOS2. The van der Waals surface area contributed by atoms with Gasteiger partial charge in [0.1, 0.15) is 4.58 Å². The molecule has 0 amide bonds. The smallest absolute Gasteiger partial charge is 0.105 e. The number of hydrogen-bond acceptors (Lipinski definition) is 3. The largest absolute Gasteiger partial charge is 0.258 e. The van der Waals surface area contributed by atoms with Crippen LogP contribution in [0.2, 0.25) is 0 Å². The van der Waals surface area contributed by atoms with Gasteiger partial charge in [-0.15, -0.1) is 11.8 Å². The zero-order valence-corrected chi connectivity index (χ0v) is 9.11. The predicted molar refractivity (Wildman–Crippen MR) is 59.4 cm³/mol. The molecular weight excluding hydrogens is 214 g/mol. The maximum atomic E-state index is 11.6. The highest BCUT2D eigenvalue weighted by Crippen LogP contribution is 2.37. The Kier molecular flexibility index (Phi) is 2.90. The van der Waals surface area contributed by atoms with Gasteiger partial charge in [0.25, 0.3) is 0 Å². The average molecular weight is 223 g/mol. The van der Waals surface area contributed by atoms with Crippen molar-refractivity contribution < 1.29 is 4.21 Å². The Morgan fingerprint density at radius 3 is 2.64 bits per heavy atom. The van der Waals surface area contributed by atoms with Crippen LogP contribution in [0.5, 0.6) is 0 Å². The molecule has 1 saturated heterocycles. The Morgan fingerprint density at radius 1 is 1.43 bits per heavy atom. The van der Waals surface area contributed by atoms with Crippen molar-refractivity contribution in [2.45, 2.75) is 4.58 Å². The first-order chi connectivity index (χ1) is 6.81. The summed E-state index contributed by atoms with van der Waals surface area (Å²) >= 11 is 1.73. The number of nitrogens with zero attached hydrogens (tertiary/aromatic N) is 1. The summed E-state index contributed by atoms with van der Waals surface area (Å²) in [6, 6.07) is 9.44. The molecule has 0 saturated carbocycles. The zero-order valence-electron chi connectivity index (χ0n) is 7.47. The van der Waals surface area contributed by atoms with Crippen LogP contribution < -0.4 is 0 Å². The van der Waals surface area contributed by atoms with E-state index < -0.39 is 10.8 Å². The fourth-order valence-electron chi connectivity index (χ4n) is 1.38. The molecule has 1 heterocycles. The fraction of sp³-hybridized carbons (Fsp3) is 0.300. The molecule has 0 N–H and O–H groups in total. The lowest BCUT2D eigenvalue weighted by Gasteiger charge is -2.07. The van der Waals surface area contributed by atoms with Gasteiger partial charge in [0.05, 0.1) is 11.6 Å². The maximum Gasteiger partial charge on any atom is 0.105 e. The van der Waals surface area contributed by atoms with Crippen LogP contribution in [0.15, 0.2) is 24.3 Å². The molecule has 2 atom stereocenters. The van der Waals surface area contributed by atoms with Crippen LogP contribution >= 0.6 is 11.8 Å². The summed E-state index contributed by atoms with van der Waals surface area (Å²) in [5.41, 5.74) is 1.73. The van der Waals surface area contributed by atoms with E-state index in [0.717, 1.165) is 17.1 Å². The van der Waals surface area contributed by atoms with Crippen molar-refractivity contribution in [3.05, 3.63) is 35.4 Å². The topological polar surface area (TPSA) is 40.9 Å². The van der Waals surface area contributed by atoms with E-state index in [1.165, 1.54) is 0 Å². The summed E-state index contributed by atoms with van der Waals surface area (Å²) in [4.78, 5) is 0. The summed E-state index contributed by atoms with van der Waals surface area (Å²) in [6.45, 7) is 0. The normalized spacial score (nSPS) is 25.9. The minimum Gasteiger partial charge on any atom is -0.258 e. The minimum absolute atomic E-state index is 0.114. The molecule has 1 aliphatic rings. The molecule has 1 aromatic carbocycles. The molecule has 72 valence electrons. The van der Waals surface area contributed by atoms with Crippen LogP contribution in [-0.2, 0) is 10.8 Å². The van der Waals surface area contributed by atoms with E-state index in [1.807, 2.05) is 12.1 Å². The zero-order chi connectivity index (χ0) is 9.97. The van der Waals surface area contributed by atoms with E-state index in [-0.39, 0.29) is 4.58 Å². The van der Waals surface area contributed by atoms with Crippen LogP contribution in [0, 0.1) is 11.3 Å².